The van der Waals surface area contributed by atoms with Gasteiger partial charge in [-0.15, -0.1) is 0 Å². The molecular weight excluding hydrogens is 797 g/mol. The lowest BCUT2D eigenvalue weighted by Crippen LogP contribution is -2.12. The molecule has 8 aromatic carbocycles. The van der Waals surface area contributed by atoms with Gasteiger partial charge in [0.2, 0.25) is 0 Å². The molecule has 0 spiro atoms. The minimum absolute atomic E-state index is 0.216. The summed E-state index contributed by atoms with van der Waals surface area (Å²) < 4.78 is 0. The summed E-state index contributed by atoms with van der Waals surface area (Å²) in [6, 6.07) is 58.8. The molecule has 0 atom stereocenters. The highest BCUT2D eigenvalue weighted by Gasteiger charge is 2.29. The summed E-state index contributed by atoms with van der Waals surface area (Å²) in [7, 11) is 0. The average molecular weight is 835 g/mol. The Morgan fingerprint density at radius 1 is 0.317 bits per heavy atom. The molecule has 10 nitrogen and oxygen atoms in total. The van der Waals surface area contributed by atoms with Crippen LogP contribution in [0, 0.1) is 0 Å². The van der Waals surface area contributed by atoms with Crippen molar-refractivity contribution in [3.8, 4) is 66.8 Å². The fraction of sp³-hybridized carbons (Fsp3) is 0. The molecule has 0 aromatic heterocycles. The van der Waals surface area contributed by atoms with E-state index in [1.54, 1.807) is 24.3 Å². The van der Waals surface area contributed by atoms with Gasteiger partial charge in [0.1, 0.15) is 0 Å². The average Bonchev–Trinajstić information content (AvgIpc) is 3.32. The van der Waals surface area contributed by atoms with Crippen LogP contribution in [0.2, 0.25) is 0 Å². The van der Waals surface area contributed by atoms with Crippen LogP contribution in [0.3, 0.4) is 0 Å². The van der Waals surface area contributed by atoms with Gasteiger partial charge in [-0.3, -0.25) is 4.79 Å². The van der Waals surface area contributed by atoms with Crippen molar-refractivity contribution in [2.24, 2.45) is 0 Å². The van der Waals surface area contributed by atoms with Crippen molar-refractivity contribution in [3.63, 3.8) is 0 Å². The largest absolute Gasteiger partial charge is 0.483 e. The van der Waals surface area contributed by atoms with Gasteiger partial charge in [0.15, 0.2) is 0 Å². The van der Waals surface area contributed by atoms with E-state index in [4.69, 9.17) is 9.90 Å². The molecule has 0 aliphatic carbocycles. The highest BCUT2D eigenvalue weighted by atomic mass is 16.4. The fourth-order valence-corrected chi connectivity index (χ4v) is 7.43. The number of benzene rings is 8. The maximum atomic E-state index is 12.3. The second kappa shape index (κ2) is 20.4. The van der Waals surface area contributed by atoms with E-state index < -0.39 is 23.9 Å². The maximum absolute atomic E-state index is 12.3. The van der Waals surface area contributed by atoms with E-state index in [-0.39, 0.29) is 28.7 Å². The first-order valence-electron chi connectivity index (χ1n) is 19.3. The number of rotatable bonds is 10. The zero-order valence-corrected chi connectivity index (χ0v) is 33.3. The molecule has 0 heterocycles. The van der Waals surface area contributed by atoms with Crippen molar-refractivity contribution in [2.75, 3.05) is 0 Å². The fourth-order valence-electron chi connectivity index (χ4n) is 7.43. The Kier molecular flexibility index (Phi) is 14.1. The van der Waals surface area contributed by atoms with Crippen LogP contribution in [0.1, 0.15) is 41.4 Å². The van der Waals surface area contributed by atoms with Gasteiger partial charge in [0.25, 0.3) is 6.47 Å². The number of carboxylic acid groups (broad SMARTS) is 5. The summed E-state index contributed by atoms with van der Waals surface area (Å²) in [4.78, 5) is 57.1. The molecule has 0 amide bonds. The molecule has 0 bridgehead atoms. The second-order valence-electron chi connectivity index (χ2n) is 13.7. The zero-order valence-electron chi connectivity index (χ0n) is 33.3. The number of carbonyl (C=O) groups is 5. The minimum Gasteiger partial charge on any atom is -0.483 e. The van der Waals surface area contributed by atoms with E-state index in [0.29, 0.717) is 44.5 Å². The molecule has 0 aliphatic rings. The van der Waals surface area contributed by atoms with Crippen LogP contribution in [0.5, 0.6) is 0 Å². The normalized spacial score (nSPS) is 10.2. The maximum Gasteiger partial charge on any atom is 0.337 e. The Morgan fingerprint density at radius 2 is 0.524 bits per heavy atom. The van der Waals surface area contributed by atoms with Gasteiger partial charge in [-0.05, 0) is 67.8 Å². The smallest absolute Gasteiger partial charge is 0.337 e. The van der Waals surface area contributed by atoms with Crippen molar-refractivity contribution >= 4 is 30.3 Å². The molecule has 0 aliphatic heterocycles. The number of aromatic carboxylic acids is 4. The van der Waals surface area contributed by atoms with E-state index >= 15 is 0 Å². The highest BCUT2D eigenvalue weighted by Crippen LogP contribution is 2.45. The molecule has 0 saturated carbocycles. The first-order chi connectivity index (χ1) is 30.6. The molecule has 8 rings (SSSR count). The topological polar surface area (TPSA) is 186 Å². The van der Waals surface area contributed by atoms with Crippen molar-refractivity contribution in [1.29, 1.82) is 0 Å². The Balaban J connectivity index is 0.000000198. The SMILES string of the molecule is O=C(O)c1cc(-c2ccccc2)c(-c2ccccc2)c(-c2ccccc2)c1C(=O)O.O=C(O)c1cc(-c2ccccc2)c(-c2ccccc2)c(-c2ccccc2)c1C(=O)O.O=CO. The molecule has 310 valence electrons. The van der Waals surface area contributed by atoms with Gasteiger partial charge in [-0.25, -0.2) is 19.2 Å². The van der Waals surface area contributed by atoms with Crippen LogP contribution in [-0.4, -0.2) is 55.9 Å². The third kappa shape index (κ3) is 9.78. The van der Waals surface area contributed by atoms with Crippen molar-refractivity contribution < 1.29 is 49.5 Å². The van der Waals surface area contributed by atoms with Gasteiger partial charge in [-0.1, -0.05) is 182 Å². The Labute approximate surface area is 361 Å². The first-order valence-corrected chi connectivity index (χ1v) is 19.3. The van der Waals surface area contributed by atoms with Gasteiger partial charge in [0.05, 0.1) is 22.3 Å². The number of hydrogen-bond acceptors (Lipinski definition) is 5. The van der Waals surface area contributed by atoms with Crippen LogP contribution in [-0.2, 0) is 4.79 Å². The molecule has 63 heavy (non-hydrogen) atoms. The minimum atomic E-state index is -1.28. The quantitative estimate of drug-likeness (QED) is 0.0830. The molecule has 5 N–H and O–H groups in total. The van der Waals surface area contributed by atoms with E-state index in [1.165, 1.54) is 12.1 Å². The third-order valence-electron chi connectivity index (χ3n) is 9.96. The van der Waals surface area contributed by atoms with Crippen LogP contribution >= 0.6 is 0 Å². The van der Waals surface area contributed by atoms with Gasteiger partial charge < -0.3 is 25.5 Å². The lowest BCUT2D eigenvalue weighted by Gasteiger charge is -2.20. The lowest BCUT2D eigenvalue weighted by molar-refractivity contribution is -0.122. The van der Waals surface area contributed by atoms with Crippen LogP contribution < -0.4 is 0 Å². The monoisotopic (exact) mass is 834 g/mol. The molecule has 0 unspecified atom stereocenters. The predicted molar refractivity (Wildman–Crippen MR) is 242 cm³/mol. The van der Waals surface area contributed by atoms with Crippen LogP contribution in [0.25, 0.3) is 66.8 Å². The van der Waals surface area contributed by atoms with Crippen molar-refractivity contribution in [3.05, 3.63) is 216 Å². The summed E-state index contributed by atoms with van der Waals surface area (Å²) in [6.45, 7) is -0.250. The van der Waals surface area contributed by atoms with Crippen LogP contribution in [0.15, 0.2) is 194 Å². The lowest BCUT2D eigenvalue weighted by atomic mass is 9.82. The van der Waals surface area contributed by atoms with Crippen LogP contribution in [0.4, 0.5) is 0 Å². The number of carboxylic acids is 4. The van der Waals surface area contributed by atoms with Crippen molar-refractivity contribution in [1.82, 2.24) is 0 Å². The first kappa shape index (κ1) is 43.7. The van der Waals surface area contributed by atoms with E-state index in [1.807, 2.05) is 158 Å². The molecule has 0 saturated heterocycles. The summed E-state index contributed by atoms with van der Waals surface area (Å²) in [6.07, 6.45) is 0. The second-order valence-corrected chi connectivity index (χ2v) is 13.7. The van der Waals surface area contributed by atoms with Gasteiger partial charge in [-0.2, -0.15) is 0 Å². The summed E-state index contributed by atoms with van der Waals surface area (Å²) >= 11 is 0. The molecule has 0 fully saturated rings. The van der Waals surface area contributed by atoms with Gasteiger partial charge in [0, 0.05) is 11.1 Å². The number of hydrogen-bond donors (Lipinski definition) is 5. The molecule has 8 aromatic rings. The molecule has 0 radical (unpaired) electrons. The highest BCUT2D eigenvalue weighted by molar-refractivity contribution is 6.14. The Bertz CT molecular complexity index is 2690. The standard InChI is InChI=1S/2C26H18O4.CH2O2/c2*27-25(28)21-16-20(17-10-4-1-5-11-17)22(18-12-6-2-7-13-18)23(24(21)26(29)30)19-14-8-3-9-15-19;2-1-3/h2*1-16H,(H,27,28)(H,29,30);1H,(H,2,3). The Hall–Kier alpha value is -8.89. The summed E-state index contributed by atoms with van der Waals surface area (Å²) in [5.41, 5.74) is 7.16. The zero-order chi connectivity index (χ0) is 44.9. The third-order valence-corrected chi connectivity index (χ3v) is 9.96. The Morgan fingerprint density at radius 3 is 0.730 bits per heavy atom. The summed E-state index contributed by atoms with van der Waals surface area (Å²) in [5, 5.41) is 46.7. The predicted octanol–water partition coefficient (Wildman–Crippen LogP) is 11.9. The van der Waals surface area contributed by atoms with Crippen molar-refractivity contribution in [2.45, 2.75) is 0 Å². The summed E-state index contributed by atoms with van der Waals surface area (Å²) in [5.74, 6) is -5.10. The van der Waals surface area contributed by atoms with Gasteiger partial charge >= 0.3 is 23.9 Å². The molecular formula is C53H38O10. The van der Waals surface area contributed by atoms with E-state index in [0.717, 1.165) is 22.3 Å². The van der Waals surface area contributed by atoms with E-state index in [9.17, 15) is 39.6 Å². The molecule has 10 heteroatoms. The van der Waals surface area contributed by atoms with E-state index in [2.05, 4.69) is 0 Å².